The Balaban J connectivity index is 4.40. The number of methoxy groups -OCH3 is 1. The fourth-order valence-corrected chi connectivity index (χ4v) is 2.10. The van der Waals surface area contributed by atoms with Crippen molar-refractivity contribution in [1.29, 1.82) is 0 Å². The van der Waals surface area contributed by atoms with Gasteiger partial charge in [0.15, 0.2) is 11.9 Å². The van der Waals surface area contributed by atoms with Gasteiger partial charge in [-0.1, -0.05) is 0 Å². The molecule has 0 aromatic rings. The van der Waals surface area contributed by atoms with Crippen LogP contribution in [-0.2, 0) is 4.74 Å². The van der Waals surface area contributed by atoms with Crippen LogP contribution in [-0.4, -0.2) is 62.3 Å². The van der Waals surface area contributed by atoms with Crippen molar-refractivity contribution in [2.45, 2.75) is 32.2 Å². The lowest BCUT2D eigenvalue weighted by Crippen LogP contribution is -2.48. The molecule has 124 valence electrons. The second-order valence-electron chi connectivity index (χ2n) is 5.55. The first-order chi connectivity index (χ1) is 9.79. The Labute approximate surface area is 127 Å². The van der Waals surface area contributed by atoms with Crippen LogP contribution in [0.5, 0.6) is 0 Å². The highest BCUT2D eigenvalue weighted by molar-refractivity contribution is 5.75. The van der Waals surface area contributed by atoms with Gasteiger partial charge in [-0.25, -0.2) is 0 Å². The van der Waals surface area contributed by atoms with Gasteiger partial charge in [0.1, 0.15) is 0 Å². The molecule has 0 amide bonds. The molecule has 0 rings (SSSR count). The van der Waals surface area contributed by atoms with Gasteiger partial charge in [0.05, 0.1) is 6.61 Å². The van der Waals surface area contributed by atoms with Crippen LogP contribution in [0.2, 0.25) is 0 Å². The summed E-state index contributed by atoms with van der Waals surface area (Å²) in [6.45, 7) is 7.96. The lowest BCUT2D eigenvalue weighted by Gasteiger charge is -2.38. The van der Waals surface area contributed by atoms with Crippen molar-refractivity contribution in [2.24, 2.45) is 32.9 Å². The van der Waals surface area contributed by atoms with E-state index in [1.54, 1.807) is 7.11 Å². The first-order valence-electron chi connectivity index (χ1n) is 7.14. The molecule has 0 spiro atoms. The molecular weight excluding hydrogens is 270 g/mol. The highest BCUT2D eigenvalue weighted by Gasteiger charge is 2.25. The van der Waals surface area contributed by atoms with Crippen LogP contribution in [0.1, 0.15) is 26.7 Å². The van der Waals surface area contributed by atoms with Crippen LogP contribution < -0.4 is 22.9 Å². The zero-order valence-electron chi connectivity index (χ0n) is 13.5. The molecule has 8 N–H and O–H groups in total. The molecule has 0 heterocycles. The molecule has 0 atom stereocenters. The summed E-state index contributed by atoms with van der Waals surface area (Å²) in [5, 5.41) is 0. The van der Waals surface area contributed by atoms with Crippen LogP contribution >= 0.6 is 0 Å². The number of guanidine groups is 2. The third-order valence-corrected chi connectivity index (χ3v) is 3.11. The average Bonchev–Trinajstić information content (AvgIpc) is 2.35. The molecule has 0 aromatic heterocycles. The summed E-state index contributed by atoms with van der Waals surface area (Å²) >= 11 is 0. The molecule has 21 heavy (non-hydrogen) atoms. The SMILES string of the molecule is COCC(C)(C)N(CCCN=C(N)N)CCCN=C(N)N. The summed E-state index contributed by atoms with van der Waals surface area (Å²) in [6, 6.07) is 0. The number of nitrogens with two attached hydrogens (primary N) is 4. The van der Waals surface area contributed by atoms with E-state index in [4.69, 9.17) is 27.7 Å². The van der Waals surface area contributed by atoms with Crippen molar-refractivity contribution in [2.75, 3.05) is 39.9 Å². The van der Waals surface area contributed by atoms with Crippen molar-refractivity contribution in [3.05, 3.63) is 0 Å². The zero-order chi connectivity index (χ0) is 16.3. The first-order valence-corrected chi connectivity index (χ1v) is 7.14. The van der Waals surface area contributed by atoms with E-state index in [1.807, 2.05) is 0 Å². The number of aliphatic imine (C=N–C) groups is 2. The topological polar surface area (TPSA) is 141 Å². The molecule has 0 aliphatic rings. The second-order valence-corrected chi connectivity index (χ2v) is 5.55. The van der Waals surface area contributed by atoms with Gasteiger partial charge in [-0.3, -0.25) is 14.9 Å². The predicted octanol–water partition coefficient (Wildman–Crippen LogP) is -0.960. The number of hydrogen-bond acceptors (Lipinski definition) is 4. The van der Waals surface area contributed by atoms with Crippen LogP contribution in [0, 0.1) is 0 Å². The highest BCUT2D eigenvalue weighted by atomic mass is 16.5. The molecule has 0 saturated carbocycles. The third kappa shape index (κ3) is 9.91. The van der Waals surface area contributed by atoms with Crippen molar-refractivity contribution in [1.82, 2.24) is 4.90 Å². The van der Waals surface area contributed by atoms with Gasteiger partial charge in [-0.2, -0.15) is 0 Å². The Bertz CT molecular complexity index is 309. The summed E-state index contributed by atoms with van der Waals surface area (Å²) in [5.41, 5.74) is 21.2. The minimum absolute atomic E-state index is 0.0648. The summed E-state index contributed by atoms with van der Waals surface area (Å²) < 4.78 is 5.30. The third-order valence-electron chi connectivity index (χ3n) is 3.11. The molecule has 0 aromatic carbocycles. The van der Waals surface area contributed by atoms with E-state index in [1.165, 1.54) is 0 Å². The van der Waals surface area contributed by atoms with Gasteiger partial charge in [-0.15, -0.1) is 0 Å². The fraction of sp³-hybridized carbons (Fsp3) is 0.846. The van der Waals surface area contributed by atoms with E-state index in [2.05, 4.69) is 28.7 Å². The summed E-state index contributed by atoms with van der Waals surface area (Å²) in [5.74, 6) is 0.260. The van der Waals surface area contributed by atoms with Gasteiger partial charge >= 0.3 is 0 Å². The molecule has 0 bridgehead atoms. The van der Waals surface area contributed by atoms with Gasteiger partial charge in [-0.05, 0) is 26.7 Å². The maximum atomic E-state index is 5.33. The number of hydrogen-bond donors (Lipinski definition) is 4. The van der Waals surface area contributed by atoms with E-state index in [-0.39, 0.29) is 17.5 Å². The van der Waals surface area contributed by atoms with Crippen molar-refractivity contribution >= 4 is 11.9 Å². The van der Waals surface area contributed by atoms with E-state index in [0.29, 0.717) is 19.7 Å². The summed E-state index contributed by atoms with van der Waals surface area (Å²) in [6.07, 6.45) is 1.76. The van der Waals surface area contributed by atoms with Crippen LogP contribution in [0.3, 0.4) is 0 Å². The molecular formula is C13H31N7O. The largest absolute Gasteiger partial charge is 0.383 e. The Morgan fingerprint density at radius 1 is 0.952 bits per heavy atom. The Kier molecular flexibility index (Phi) is 9.48. The predicted molar refractivity (Wildman–Crippen MR) is 88.1 cm³/mol. The fourth-order valence-electron chi connectivity index (χ4n) is 2.10. The average molecular weight is 301 g/mol. The van der Waals surface area contributed by atoms with Crippen molar-refractivity contribution in [3.63, 3.8) is 0 Å². The van der Waals surface area contributed by atoms with E-state index in [0.717, 1.165) is 25.9 Å². The molecule has 0 unspecified atom stereocenters. The van der Waals surface area contributed by atoms with Gasteiger partial charge < -0.3 is 27.7 Å². The molecule has 0 radical (unpaired) electrons. The maximum Gasteiger partial charge on any atom is 0.185 e. The number of rotatable bonds is 11. The Morgan fingerprint density at radius 2 is 1.38 bits per heavy atom. The van der Waals surface area contributed by atoms with Crippen LogP contribution in [0.25, 0.3) is 0 Å². The lowest BCUT2D eigenvalue weighted by atomic mass is 10.0. The minimum Gasteiger partial charge on any atom is -0.383 e. The monoisotopic (exact) mass is 301 g/mol. The van der Waals surface area contributed by atoms with Crippen LogP contribution in [0.4, 0.5) is 0 Å². The standard InChI is InChI=1S/C13H31N7O/c1-13(2,10-21-3)20(8-4-6-18-11(14)15)9-5-7-19-12(16)17/h4-10H2,1-3H3,(H4,14,15,18)(H4,16,17,19). The Hall–Kier alpha value is -1.54. The Morgan fingerprint density at radius 3 is 1.71 bits per heavy atom. The smallest absolute Gasteiger partial charge is 0.185 e. The molecule has 0 aliphatic carbocycles. The molecule has 0 aliphatic heterocycles. The summed E-state index contributed by atoms with van der Waals surface area (Å²) in [4.78, 5) is 10.4. The normalized spacial score (nSPS) is 11.4. The quantitative estimate of drug-likeness (QED) is 0.220. The number of nitrogens with zero attached hydrogens (tertiary/aromatic N) is 3. The maximum absolute atomic E-state index is 5.33. The number of ether oxygens (including phenoxy) is 1. The van der Waals surface area contributed by atoms with Crippen molar-refractivity contribution < 1.29 is 4.74 Å². The lowest BCUT2D eigenvalue weighted by molar-refractivity contribution is 0.0327. The molecule has 0 fully saturated rings. The van der Waals surface area contributed by atoms with E-state index >= 15 is 0 Å². The van der Waals surface area contributed by atoms with Crippen molar-refractivity contribution in [3.8, 4) is 0 Å². The molecule has 8 heteroatoms. The van der Waals surface area contributed by atoms with Gasteiger partial charge in [0, 0.05) is 38.8 Å². The molecule has 8 nitrogen and oxygen atoms in total. The molecule has 0 saturated heterocycles. The first kappa shape index (κ1) is 19.5. The minimum atomic E-state index is -0.0648. The van der Waals surface area contributed by atoms with E-state index in [9.17, 15) is 0 Å². The van der Waals surface area contributed by atoms with E-state index < -0.39 is 0 Å². The second kappa shape index (κ2) is 10.2. The van der Waals surface area contributed by atoms with Gasteiger partial charge in [0.2, 0.25) is 0 Å². The van der Waals surface area contributed by atoms with Crippen LogP contribution in [0.15, 0.2) is 9.98 Å². The highest BCUT2D eigenvalue weighted by Crippen LogP contribution is 2.16. The summed E-state index contributed by atoms with van der Waals surface area (Å²) in [7, 11) is 1.71. The zero-order valence-corrected chi connectivity index (χ0v) is 13.5. The van der Waals surface area contributed by atoms with Gasteiger partial charge in [0.25, 0.3) is 0 Å².